The summed E-state index contributed by atoms with van der Waals surface area (Å²) in [6.07, 6.45) is 2.12. The van der Waals surface area contributed by atoms with Gasteiger partial charge in [0.2, 0.25) is 0 Å². The summed E-state index contributed by atoms with van der Waals surface area (Å²) >= 11 is 7.06. The van der Waals surface area contributed by atoms with Crippen LogP contribution in [0.5, 0.6) is 0 Å². The van der Waals surface area contributed by atoms with E-state index >= 15 is 0 Å². The number of hydrogen-bond acceptors (Lipinski definition) is 6. The van der Waals surface area contributed by atoms with Crippen molar-refractivity contribution in [1.29, 1.82) is 0 Å². The number of ether oxygens (including phenoxy) is 1. The van der Waals surface area contributed by atoms with Crippen LogP contribution in [-0.2, 0) is 4.74 Å². The molecule has 16 heavy (non-hydrogen) atoms. The predicted molar refractivity (Wildman–Crippen MR) is 63.2 cm³/mol. The summed E-state index contributed by atoms with van der Waals surface area (Å²) < 4.78 is 13.6. The number of hydrogen-bond donors (Lipinski definition) is 1. The SMILES string of the molecule is OCCOC1CCN(c2nsnc2Cl)CC1. The van der Waals surface area contributed by atoms with Crippen LogP contribution >= 0.6 is 23.3 Å². The average molecular weight is 264 g/mol. The molecule has 1 aromatic heterocycles. The Balaban J connectivity index is 1.83. The molecule has 0 unspecified atom stereocenters. The molecule has 0 amide bonds. The lowest BCUT2D eigenvalue weighted by Gasteiger charge is -2.31. The van der Waals surface area contributed by atoms with E-state index in [1.807, 2.05) is 0 Å². The molecule has 0 spiro atoms. The fraction of sp³-hybridized carbons (Fsp3) is 0.778. The van der Waals surface area contributed by atoms with Crippen molar-refractivity contribution in [2.45, 2.75) is 18.9 Å². The molecule has 7 heteroatoms. The summed E-state index contributed by atoms with van der Waals surface area (Å²) in [5.41, 5.74) is 0. The Morgan fingerprint density at radius 2 is 2.19 bits per heavy atom. The maximum absolute atomic E-state index is 8.67. The summed E-state index contributed by atoms with van der Waals surface area (Å²) in [7, 11) is 0. The van der Waals surface area contributed by atoms with Gasteiger partial charge in [-0.25, -0.2) is 0 Å². The van der Waals surface area contributed by atoms with Crippen molar-refractivity contribution in [1.82, 2.24) is 8.75 Å². The molecule has 0 aliphatic carbocycles. The molecule has 90 valence electrons. The largest absolute Gasteiger partial charge is 0.394 e. The van der Waals surface area contributed by atoms with Crippen molar-refractivity contribution in [2.24, 2.45) is 0 Å². The minimum Gasteiger partial charge on any atom is -0.394 e. The topological polar surface area (TPSA) is 58.5 Å². The van der Waals surface area contributed by atoms with Crippen molar-refractivity contribution < 1.29 is 9.84 Å². The Morgan fingerprint density at radius 3 is 2.75 bits per heavy atom. The van der Waals surface area contributed by atoms with Gasteiger partial charge in [0.15, 0.2) is 11.0 Å². The molecule has 0 atom stereocenters. The summed E-state index contributed by atoms with van der Waals surface area (Å²) in [6, 6.07) is 0. The van der Waals surface area contributed by atoms with Gasteiger partial charge >= 0.3 is 0 Å². The van der Waals surface area contributed by atoms with Crippen molar-refractivity contribution in [3.8, 4) is 0 Å². The molecule has 1 aliphatic heterocycles. The Labute approximate surface area is 103 Å². The lowest BCUT2D eigenvalue weighted by atomic mass is 10.1. The van der Waals surface area contributed by atoms with Crippen molar-refractivity contribution in [3.63, 3.8) is 0 Å². The van der Waals surface area contributed by atoms with Crippen LogP contribution in [0.25, 0.3) is 0 Å². The number of rotatable bonds is 4. The number of aliphatic hydroxyl groups is 1. The quantitative estimate of drug-likeness (QED) is 0.884. The van der Waals surface area contributed by atoms with Crippen LogP contribution < -0.4 is 4.90 Å². The third-order valence-corrected chi connectivity index (χ3v) is 3.49. The molecule has 2 heterocycles. The second-order valence-corrected chi connectivity index (χ2v) is 4.55. The van der Waals surface area contributed by atoms with E-state index in [1.165, 1.54) is 0 Å². The third-order valence-electron chi connectivity index (χ3n) is 2.62. The van der Waals surface area contributed by atoms with E-state index in [2.05, 4.69) is 13.6 Å². The molecule has 1 N–H and O–H groups in total. The molecule has 1 aromatic rings. The molecule has 0 bridgehead atoms. The summed E-state index contributed by atoms with van der Waals surface area (Å²) in [4.78, 5) is 2.13. The van der Waals surface area contributed by atoms with Gasteiger partial charge in [-0.3, -0.25) is 0 Å². The maximum Gasteiger partial charge on any atom is 0.187 e. The molecule has 1 aliphatic rings. The second-order valence-electron chi connectivity index (χ2n) is 3.66. The Kier molecular flexibility index (Phi) is 4.34. The monoisotopic (exact) mass is 263 g/mol. The lowest BCUT2D eigenvalue weighted by Crippen LogP contribution is -2.37. The smallest absolute Gasteiger partial charge is 0.187 e. The summed E-state index contributed by atoms with van der Waals surface area (Å²) in [5, 5.41) is 9.15. The van der Waals surface area contributed by atoms with Gasteiger partial charge in [-0.05, 0) is 12.8 Å². The first-order valence-corrected chi connectivity index (χ1v) is 6.37. The van der Waals surface area contributed by atoms with E-state index in [4.69, 9.17) is 21.4 Å². The zero-order valence-corrected chi connectivity index (χ0v) is 10.4. The Bertz CT molecular complexity index is 328. The molecule has 0 aromatic carbocycles. The minimum absolute atomic E-state index is 0.0854. The summed E-state index contributed by atoms with van der Waals surface area (Å²) in [6.45, 7) is 2.26. The predicted octanol–water partition coefficient (Wildman–Crippen LogP) is 1.17. The van der Waals surface area contributed by atoms with Gasteiger partial charge in [0.25, 0.3) is 0 Å². The summed E-state index contributed by atoms with van der Waals surface area (Å²) in [5.74, 6) is 0.785. The number of aliphatic hydroxyl groups excluding tert-OH is 1. The average Bonchev–Trinajstić information content (AvgIpc) is 2.74. The highest BCUT2D eigenvalue weighted by Gasteiger charge is 2.22. The van der Waals surface area contributed by atoms with Crippen LogP contribution in [0.4, 0.5) is 5.82 Å². The number of nitrogens with zero attached hydrogens (tertiary/aromatic N) is 3. The second kappa shape index (κ2) is 5.77. The molecular weight excluding hydrogens is 250 g/mol. The standard InChI is InChI=1S/C9H14ClN3O2S/c10-8-9(12-16-11-8)13-3-1-7(2-4-13)15-6-5-14/h7,14H,1-6H2. The zero-order valence-electron chi connectivity index (χ0n) is 8.80. The van der Waals surface area contributed by atoms with Gasteiger partial charge in [0, 0.05) is 13.1 Å². The molecule has 2 rings (SSSR count). The number of aromatic nitrogens is 2. The van der Waals surface area contributed by atoms with E-state index in [1.54, 1.807) is 0 Å². The Hall–Kier alpha value is -0.430. The molecule has 1 saturated heterocycles. The lowest BCUT2D eigenvalue weighted by molar-refractivity contribution is 0.0158. The fourth-order valence-corrected chi connectivity index (χ4v) is 2.59. The van der Waals surface area contributed by atoms with Gasteiger partial charge in [-0.15, -0.1) is 0 Å². The van der Waals surface area contributed by atoms with Crippen molar-refractivity contribution >= 4 is 29.1 Å². The molecular formula is C9H14ClN3O2S. The van der Waals surface area contributed by atoms with E-state index in [-0.39, 0.29) is 12.7 Å². The third kappa shape index (κ3) is 2.82. The van der Waals surface area contributed by atoms with Crippen LogP contribution in [0.1, 0.15) is 12.8 Å². The van der Waals surface area contributed by atoms with Crippen LogP contribution in [-0.4, -0.2) is 46.3 Å². The van der Waals surface area contributed by atoms with Crippen molar-refractivity contribution in [2.75, 3.05) is 31.2 Å². The van der Waals surface area contributed by atoms with Gasteiger partial charge in [0.1, 0.15) is 0 Å². The molecule has 1 fully saturated rings. The van der Waals surface area contributed by atoms with Crippen LogP contribution in [0.15, 0.2) is 0 Å². The first-order chi connectivity index (χ1) is 7.81. The zero-order chi connectivity index (χ0) is 11.4. The number of piperidine rings is 1. The number of halogens is 1. The van der Waals surface area contributed by atoms with Crippen LogP contribution in [0, 0.1) is 0 Å². The van der Waals surface area contributed by atoms with Gasteiger partial charge < -0.3 is 14.7 Å². The van der Waals surface area contributed by atoms with Gasteiger partial charge in [-0.2, -0.15) is 8.75 Å². The van der Waals surface area contributed by atoms with Gasteiger partial charge in [0.05, 0.1) is 31.0 Å². The van der Waals surface area contributed by atoms with Crippen LogP contribution in [0.2, 0.25) is 5.15 Å². The first kappa shape index (κ1) is 12.0. The van der Waals surface area contributed by atoms with Crippen LogP contribution in [0.3, 0.4) is 0 Å². The normalized spacial score (nSPS) is 18.0. The van der Waals surface area contributed by atoms with Crippen molar-refractivity contribution in [3.05, 3.63) is 5.15 Å². The van der Waals surface area contributed by atoms with E-state index in [9.17, 15) is 0 Å². The highest BCUT2D eigenvalue weighted by Crippen LogP contribution is 2.26. The number of anilines is 1. The first-order valence-electron chi connectivity index (χ1n) is 5.26. The van der Waals surface area contributed by atoms with E-state index < -0.39 is 0 Å². The highest BCUT2D eigenvalue weighted by molar-refractivity contribution is 6.99. The Morgan fingerprint density at radius 1 is 1.44 bits per heavy atom. The molecule has 0 saturated carbocycles. The van der Waals surface area contributed by atoms with E-state index in [0.717, 1.165) is 43.5 Å². The minimum atomic E-state index is 0.0854. The maximum atomic E-state index is 8.67. The van der Waals surface area contributed by atoms with Gasteiger partial charge in [-0.1, -0.05) is 11.6 Å². The van der Waals surface area contributed by atoms with E-state index in [0.29, 0.717) is 11.8 Å². The molecule has 5 nitrogen and oxygen atoms in total. The fourth-order valence-electron chi connectivity index (χ4n) is 1.82. The molecule has 0 radical (unpaired) electrons. The highest BCUT2D eigenvalue weighted by atomic mass is 35.5.